The quantitative estimate of drug-likeness (QED) is 0.434. The van der Waals surface area contributed by atoms with E-state index in [2.05, 4.69) is 16.8 Å². The second-order valence-corrected chi connectivity index (χ2v) is 9.84. The molecular weight excluding hydrogens is 427 g/mol. The molecule has 1 aliphatic rings. The fraction of sp³-hybridized carbons (Fsp3) is 0.600. The number of aryl methyl sites for hydroxylation is 1. The Balaban J connectivity index is 1.56. The smallest absolute Gasteiger partial charge is 0.308 e. The van der Waals surface area contributed by atoms with Crippen molar-refractivity contribution in [2.75, 3.05) is 38.2 Å². The van der Waals surface area contributed by atoms with Crippen LogP contribution in [-0.4, -0.2) is 59.2 Å². The summed E-state index contributed by atoms with van der Waals surface area (Å²) in [5, 5.41) is 10.6. The lowest BCUT2D eigenvalue weighted by Gasteiger charge is -2.36. The maximum absolute atomic E-state index is 14.6. The lowest BCUT2D eigenvalue weighted by Crippen LogP contribution is -2.44. The summed E-state index contributed by atoms with van der Waals surface area (Å²) in [7, 11) is 1.59. The van der Waals surface area contributed by atoms with Crippen LogP contribution in [0.4, 0.5) is 4.39 Å². The van der Waals surface area contributed by atoms with Crippen molar-refractivity contribution in [2.24, 2.45) is 11.8 Å². The SMILES string of the molecule is CCCCSCCN1CCC(CCCc2c(F)cnc3ccc(OC)cc23)C(C(=O)O)C1. The molecule has 0 spiro atoms. The number of benzene rings is 1. The number of ether oxygens (including phenoxy) is 1. The van der Waals surface area contributed by atoms with Crippen LogP contribution >= 0.6 is 11.8 Å². The van der Waals surface area contributed by atoms with Crippen LogP contribution in [0.2, 0.25) is 0 Å². The van der Waals surface area contributed by atoms with E-state index < -0.39 is 5.97 Å². The van der Waals surface area contributed by atoms with Gasteiger partial charge in [-0.3, -0.25) is 9.78 Å². The maximum Gasteiger partial charge on any atom is 0.308 e. The summed E-state index contributed by atoms with van der Waals surface area (Å²) in [4.78, 5) is 18.4. The van der Waals surface area contributed by atoms with Crippen LogP contribution in [0.25, 0.3) is 10.9 Å². The summed E-state index contributed by atoms with van der Waals surface area (Å²) in [5.41, 5.74) is 1.39. The molecule has 1 aromatic heterocycles. The standard InChI is InChI=1S/C25H35FN2O3S/c1-3-4-13-32-14-12-28-11-10-18(22(17-28)25(29)30)6-5-7-20-21-15-19(31-2)8-9-24(21)27-16-23(20)26/h8-9,15-16,18,22H,3-7,10-14,17H2,1-2H3,(H,29,30). The van der Waals surface area contributed by atoms with Gasteiger partial charge in [-0.2, -0.15) is 11.8 Å². The first-order chi connectivity index (χ1) is 15.5. The molecule has 0 radical (unpaired) electrons. The molecule has 1 saturated heterocycles. The first kappa shape index (κ1) is 24.8. The summed E-state index contributed by atoms with van der Waals surface area (Å²) in [6, 6.07) is 5.50. The number of likely N-dealkylation sites (tertiary alicyclic amines) is 1. The van der Waals surface area contributed by atoms with Crippen LogP contribution in [0.3, 0.4) is 0 Å². The molecule has 3 rings (SSSR count). The van der Waals surface area contributed by atoms with Gasteiger partial charge in [0.2, 0.25) is 0 Å². The van der Waals surface area contributed by atoms with Crippen molar-refractivity contribution in [3.05, 3.63) is 35.8 Å². The van der Waals surface area contributed by atoms with E-state index in [-0.39, 0.29) is 17.7 Å². The van der Waals surface area contributed by atoms with Gasteiger partial charge >= 0.3 is 5.97 Å². The van der Waals surface area contributed by atoms with E-state index in [4.69, 9.17) is 4.74 Å². The largest absolute Gasteiger partial charge is 0.497 e. The predicted molar refractivity (Wildman–Crippen MR) is 129 cm³/mol. The highest BCUT2D eigenvalue weighted by Crippen LogP contribution is 2.31. The van der Waals surface area contributed by atoms with Crippen LogP contribution < -0.4 is 4.74 Å². The van der Waals surface area contributed by atoms with Gasteiger partial charge in [-0.05, 0) is 74.1 Å². The average molecular weight is 463 g/mol. The van der Waals surface area contributed by atoms with Crippen molar-refractivity contribution in [3.8, 4) is 5.75 Å². The third-order valence-corrected chi connectivity index (χ3v) is 7.54. The van der Waals surface area contributed by atoms with Crippen molar-refractivity contribution in [1.29, 1.82) is 0 Å². The van der Waals surface area contributed by atoms with Crippen molar-refractivity contribution in [3.63, 3.8) is 0 Å². The number of carboxylic acid groups (broad SMARTS) is 1. The van der Waals surface area contributed by atoms with E-state index >= 15 is 0 Å². The van der Waals surface area contributed by atoms with E-state index in [9.17, 15) is 14.3 Å². The number of hydrogen-bond donors (Lipinski definition) is 1. The molecule has 0 saturated carbocycles. The number of halogens is 1. The maximum atomic E-state index is 14.6. The molecule has 7 heteroatoms. The highest BCUT2D eigenvalue weighted by molar-refractivity contribution is 7.99. The minimum atomic E-state index is -0.705. The molecule has 0 amide bonds. The zero-order chi connectivity index (χ0) is 22.9. The number of pyridine rings is 1. The Hall–Kier alpha value is -1.86. The Kier molecular flexibility index (Phi) is 9.60. The fourth-order valence-electron chi connectivity index (χ4n) is 4.56. The molecular formula is C25H35FN2O3S. The Morgan fingerprint density at radius 1 is 1.34 bits per heavy atom. The van der Waals surface area contributed by atoms with Gasteiger partial charge in [0.15, 0.2) is 0 Å². The highest BCUT2D eigenvalue weighted by Gasteiger charge is 2.33. The summed E-state index contributed by atoms with van der Waals surface area (Å²) < 4.78 is 19.9. The summed E-state index contributed by atoms with van der Waals surface area (Å²) in [5.74, 6) is 1.71. The zero-order valence-electron chi connectivity index (χ0n) is 19.2. The van der Waals surface area contributed by atoms with Crippen LogP contribution in [-0.2, 0) is 11.2 Å². The van der Waals surface area contributed by atoms with Gasteiger partial charge in [0.25, 0.3) is 0 Å². The summed E-state index contributed by atoms with van der Waals surface area (Å²) in [6.45, 7) is 4.73. The number of hydrogen-bond acceptors (Lipinski definition) is 5. The molecule has 1 fully saturated rings. The molecule has 1 N–H and O–H groups in total. The second-order valence-electron chi connectivity index (χ2n) is 8.62. The molecule has 0 aliphatic carbocycles. The van der Waals surface area contributed by atoms with Gasteiger partial charge in [0.1, 0.15) is 11.6 Å². The molecule has 5 nitrogen and oxygen atoms in total. The lowest BCUT2D eigenvalue weighted by atomic mass is 9.81. The van der Waals surface area contributed by atoms with Crippen LogP contribution in [0.1, 0.15) is 44.6 Å². The predicted octanol–water partition coefficient (Wildman–Crippen LogP) is 5.26. The van der Waals surface area contributed by atoms with Crippen molar-refractivity contribution in [2.45, 2.75) is 45.4 Å². The number of methoxy groups -OCH3 is 1. The third kappa shape index (κ3) is 6.58. The number of thioether (sulfide) groups is 1. The fourth-order valence-corrected chi connectivity index (χ4v) is 5.65. The minimum absolute atomic E-state index is 0.141. The average Bonchev–Trinajstić information content (AvgIpc) is 2.80. The van der Waals surface area contributed by atoms with Gasteiger partial charge in [-0.15, -0.1) is 0 Å². The Morgan fingerprint density at radius 3 is 2.94 bits per heavy atom. The van der Waals surface area contributed by atoms with Crippen molar-refractivity contribution >= 4 is 28.6 Å². The number of piperidine rings is 1. The molecule has 1 aromatic carbocycles. The van der Waals surface area contributed by atoms with Crippen molar-refractivity contribution in [1.82, 2.24) is 9.88 Å². The van der Waals surface area contributed by atoms with E-state index in [1.165, 1.54) is 24.8 Å². The number of carbonyl (C=O) groups is 1. The molecule has 176 valence electrons. The second kappa shape index (κ2) is 12.4. The molecule has 32 heavy (non-hydrogen) atoms. The number of nitrogens with zero attached hydrogens (tertiary/aromatic N) is 2. The van der Waals surface area contributed by atoms with E-state index in [0.29, 0.717) is 24.3 Å². The van der Waals surface area contributed by atoms with Gasteiger partial charge in [0, 0.05) is 24.2 Å². The monoisotopic (exact) mass is 462 g/mol. The molecule has 2 heterocycles. The van der Waals surface area contributed by atoms with Crippen LogP contribution in [0.15, 0.2) is 24.4 Å². The highest BCUT2D eigenvalue weighted by atomic mass is 32.2. The molecule has 2 aromatic rings. The topological polar surface area (TPSA) is 62.7 Å². The van der Waals surface area contributed by atoms with Gasteiger partial charge in [-0.25, -0.2) is 4.39 Å². The lowest BCUT2D eigenvalue weighted by molar-refractivity contribution is -0.146. The summed E-state index contributed by atoms with van der Waals surface area (Å²) >= 11 is 1.96. The Labute approximate surface area is 194 Å². The third-order valence-electron chi connectivity index (χ3n) is 6.49. The van der Waals surface area contributed by atoms with E-state index in [0.717, 1.165) is 49.0 Å². The number of rotatable bonds is 12. The van der Waals surface area contributed by atoms with Gasteiger partial charge < -0.3 is 14.7 Å². The first-order valence-electron chi connectivity index (χ1n) is 11.7. The molecule has 2 unspecified atom stereocenters. The first-order valence-corrected chi connectivity index (χ1v) is 12.8. The molecule has 0 bridgehead atoms. The van der Waals surface area contributed by atoms with E-state index in [1.807, 2.05) is 30.0 Å². The van der Waals surface area contributed by atoms with Gasteiger partial charge in [0.05, 0.1) is 24.7 Å². The number of carboxylic acids is 1. The number of fused-ring (bicyclic) bond motifs is 1. The number of unbranched alkanes of at least 4 members (excludes halogenated alkanes) is 1. The number of aliphatic carboxylic acids is 1. The Bertz CT molecular complexity index is 895. The van der Waals surface area contributed by atoms with Crippen LogP contribution in [0, 0.1) is 17.7 Å². The van der Waals surface area contributed by atoms with E-state index in [1.54, 1.807) is 7.11 Å². The molecule has 1 aliphatic heterocycles. The molecule has 2 atom stereocenters. The zero-order valence-corrected chi connectivity index (χ0v) is 20.0. The normalized spacial score (nSPS) is 19.3. The minimum Gasteiger partial charge on any atom is -0.497 e. The Morgan fingerprint density at radius 2 is 2.19 bits per heavy atom. The van der Waals surface area contributed by atoms with Gasteiger partial charge in [-0.1, -0.05) is 13.3 Å². The van der Waals surface area contributed by atoms with Crippen molar-refractivity contribution < 1.29 is 19.0 Å². The van der Waals surface area contributed by atoms with Crippen LogP contribution in [0.5, 0.6) is 5.75 Å². The number of aromatic nitrogens is 1. The summed E-state index contributed by atoms with van der Waals surface area (Å²) in [6.07, 6.45) is 6.75.